The topological polar surface area (TPSA) is 62.3 Å². The van der Waals surface area contributed by atoms with Crippen molar-refractivity contribution in [2.75, 3.05) is 26.9 Å². The van der Waals surface area contributed by atoms with Crippen LogP contribution in [-0.4, -0.2) is 36.7 Å². The van der Waals surface area contributed by atoms with E-state index in [1.807, 2.05) is 10.7 Å². The molecule has 0 amide bonds. The van der Waals surface area contributed by atoms with Crippen LogP contribution in [0, 0.1) is 0 Å². The Morgan fingerprint density at radius 2 is 2.22 bits per heavy atom. The molecule has 104 valence electrons. The maximum absolute atomic E-state index is 6.15. The van der Waals surface area contributed by atoms with Crippen molar-refractivity contribution in [3.8, 4) is 0 Å². The second-order valence-corrected chi connectivity index (χ2v) is 4.33. The van der Waals surface area contributed by atoms with Crippen LogP contribution in [0.4, 0.5) is 0 Å². The summed E-state index contributed by atoms with van der Waals surface area (Å²) in [5.74, 6) is 0. The van der Waals surface area contributed by atoms with Gasteiger partial charge in [0.05, 0.1) is 5.69 Å². The normalized spacial score (nSPS) is 12.8. The van der Waals surface area contributed by atoms with Crippen molar-refractivity contribution in [2.45, 2.75) is 38.8 Å². The highest BCUT2D eigenvalue weighted by Crippen LogP contribution is 2.14. The molecule has 1 aromatic rings. The average Bonchev–Trinajstić information content (AvgIpc) is 2.83. The molecule has 0 bridgehead atoms. The molecule has 2 N–H and O–H groups in total. The molecule has 1 aromatic heterocycles. The Morgan fingerprint density at radius 3 is 2.94 bits per heavy atom. The molecule has 0 aliphatic heterocycles. The third-order valence-electron chi connectivity index (χ3n) is 2.77. The van der Waals surface area contributed by atoms with E-state index >= 15 is 0 Å². The summed E-state index contributed by atoms with van der Waals surface area (Å²) in [4.78, 5) is 0. The fourth-order valence-corrected chi connectivity index (χ4v) is 1.81. The van der Waals surface area contributed by atoms with Gasteiger partial charge in [-0.1, -0.05) is 6.92 Å². The molecule has 5 heteroatoms. The molecular weight excluding hydrogens is 230 g/mol. The maximum atomic E-state index is 6.15. The maximum Gasteiger partial charge on any atom is 0.0552 e. The van der Waals surface area contributed by atoms with E-state index in [2.05, 4.69) is 12.0 Å². The highest BCUT2D eigenvalue weighted by atomic mass is 16.5. The van der Waals surface area contributed by atoms with Crippen molar-refractivity contribution in [2.24, 2.45) is 5.73 Å². The van der Waals surface area contributed by atoms with Crippen molar-refractivity contribution >= 4 is 0 Å². The van der Waals surface area contributed by atoms with Gasteiger partial charge in [-0.15, -0.1) is 0 Å². The van der Waals surface area contributed by atoms with E-state index in [9.17, 15) is 0 Å². The van der Waals surface area contributed by atoms with E-state index in [4.69, 9.17) is 15.2 Å². The van der Waals surface area contributed by atoms with Crippen LogP contribution in [-0.2, 0) is 16.0 Å². The van der Waals surface area contributed by atoms with Gasteiger partial charge in [0, 0.05) is 45.7 Å². The lowest BCUT2D eigenvalue weighted by molar-refractivity contribution is 0.127. The standard InChI is InChI=1S/C13H25N3O2/c1-3-9-18-11-6-12(14)13-5-7-15-16(13)8-4-10-17-2/h5,7,12H,3-4,6,8-11,14H2,1-2H3. The Hall–Kier alpha value is -0.910. The first-order chi connectivity index (χ1) is 8.79. The van der Waals surface area contributed by atoms with Crippen LogP contribution in [0.1, 0.15) is 37.9 Å². The van der Waals surface area contributed by atoms with Gasteiger partial charge >= 0.3 is 0 Å². The van der Waals surface area contributed by atoms with Crippen molar-refractivity contribution < 1.29 is 9.47 Å². The van der Waals surface area contributed by atoms with Crippen LogP contribution in [0.15, 0.2) is 12.3 Å². The van der Waals surface area contributed by atoms with Gasteiger partial charge in [0.15, 0.2) is 0 Å². The monoisotopic (exact) mass is 255 g/mol. The highest BCUT2D eigenvalue weighted by Gasteiger charge is 2.11. The van der Waals surface area contributed by atoms with Crippen LogP contribution >= 0.6 is 0 Å². The number of hydrogen-bond donors (Lipinski definition) is 1. The Kier molecular flexibility index (Phi) is 7.64. The largest absolute Gasteiger partial charge is 0.385 e. The van der Waals surface area contributed by atoms with Gasteiger partial charge in [-0.3, -0.25) is 4.68 Å². The SMILES string of the molecule is CCCOCCC(N)c1ccnn1CCCOC. The quantitative estimate of drug-likeness (QED) is 0.647. The van der Waals surface area contributed by atoms with Gasteiger partial charge in [0.2, 0.25) is 0 Å². The lowest BCUT2D eigenvalue weighted by Gasteiger charge is -2.14. The van der Waals surface area contributed by atoms with Crippen LogP contribution in [0.5, 0.6) is 0 Å². The zero-order chi connectivity index (χ0) is 13.2. The van der Waals surface area contributed by atoms with E-state index in [-0.39, 0.29) is 6.04 Å². The molecule has 0 aliphatic rings. The van der Waals surface area contributed by atoms with Gasteiger partial charge in [0.1, 0.15) is 0 Å². The number of nitrogens with two attached hydrogens (primary N) is 1. The van der Waals surface area contributed by atoms with Crippen molar-refractivity contribution in [3.05, 3.63) is 18.0 Å². The average molecular weight is 255 g/mol. The fourth-order valence-electron chi connectivity index (χ4n) is 1.81. The molecular formula is C13H25N3O2. The van der Waals surface area contributed by atoms with Crippen molar-refractivity contribution in [1.29, 1.82) is 0 Å². The number of hydrogen-bond acceptors (Lipinski definition) is 4. The minimum atomic E-state index is -0.00750. The van der Waals surface area contributed by atoms with Crippen LogP contribution < -0.4 is 5.73 Å². The van der Waals surface area contributed by atoms with Gasteiger partial charge in [0.25, 0.3) is 0 Å². The van der Waals surface area contributed by atoms with E-state index in [1.54, 1.807) is 13.3 Å². The third-order valence-corrected chi connectivity index (χ3v) is 2.77. The number of methoxy groups -OCH3 is 1. The van der Waals surface area contributed by atoms with E-state index in [0.29, 0.717) is 6.61 Å². The van der Waals surface area contributed by atoms with Crippen LogP contribution in [0.3, 0.4) is 0 Å². The predicted octanol–water partition coefficient (Wildman–Crippen LogP) is 1.74. The molecule has 0 fully saturated rings. The third kappa shape index (κ3) is 5.16. The Bertz CT molecular complexity index is 315. The molecule has 18 heavy (non-hydrogen) atoms. The smallest absolute Gasteiger partial charge is 0.0552 e. The minimum Gasteiger partial charge on any atom is -0.385 e. The summed E-state index contributed by atoms with van der Waals surface area (Å²) in [5, 5.41) is 4.29. The number of nitrogens with zero attached hydrogens (tertiary/aromatic N) is 2. The van der Waals surface area contributed by atoms with E-state index in [0.717, 1.165) is 44.7 Å². The Balaban J connectivity index is 2.36. The summed E-state index contributed by atoms with van der Waals surface area (Å²) in [6.45, 7) is 5.21. The molecule has 0 aliphatic carbocycles. The number of aromatic nitrogens is 2. The molecule has 1 unspecified atom stereocenters. The molecule has 1 rings (SSSR count). The number of ether oxygens (including phenoxy) is 2. The highest BCUT2D eigenvalue weighted by molar-refractivity contribution is 5.06. The summed E-state index contributed by atoms with van der Waals surface area (Å²) in [7, 11) is 1.71. The zero-order valence-electron chi connectivity index (χ0n) is 11.5. The molecule has 1 heterocycles. The summed E-state index contributed by atoms with van der Waals surface area (Å²) >= 11 is 0. The summed E-state index contributed by atoms with van der Waals surface area (Å²) in [6.07, 6.45) is 4.62. The van der Waals surface area contributed by atoms with Gasteiger partial charge in [-0.25, -0.2) is 0 Å². The predicted molar refractivity (Wildman–Crippen MR) is 71.4 cm³/mol. The molecule has 0 spiro atoms. The van der Waals surface area contributed by atoms with Crippen molar-refractivity contribution in [1.82, 2.24) is 9.78 Å². The van der Waals surface area contributed by atoms with Gasteiger partial charge in [-0.05, 0) is 25.3 Å². The second-order valence-electron chi connectivity index (χ2n) is 4.33. The zero-order valence-corrected chi connectivity index (χ0v) is 11.5. The van der Waals surface area contributed by atoms with Crippen LogP contribution in [0.25, 0.3) is 0 Å². The number of aryl methyl sites for hydroxylation is 1. The van der Waals surface area contributed by atoms with Crippen molar-refractivity contribution in [3.63, 3.8) is 0 Å². The molecule has 0 saturated heterocycles. The first-order valence-corrected chi connectivity index (χ1v) is 6.63. The Morgan fingerprint density at radius 1 is 1.39 bits per heavy atom. The molecule has 0 saturated carbocycles. The molecule has 0 aromatic carbocycles. The van der Waals surface area contributed by atoms with E-state index < -0.39 is 0 Å². The van der Waals surface area contributed by atoms with Crippen LogP contribution in [0.2, 0.25) is 0 Å². The summed E-state index contributed by atoms with van der Waals surface area (Å²) in [5.41, 5.74) is 7.23. The lowest BCUT2D eigenvalue weighted by Crippen LogP contribution is -2.19. The summed E-state index contributed by atoms with van der Waals surface area (Å²) < 4.78 is 12.5. The van der Waals surface area contributed by atoms with Gasteiger partial charge in [-0.2, -0.15) is 5.10 Å². The lowest BCUT2D eigenvalue weighted by atomic mass is 10.1. The fraction of sp³-hybridized carbons (Fsp3) is 0.769. The summed E-state index contributed by atoms with van der Waals surface area (Å²) in [6, 6.07) is 1.98. The second kappa shape index (κ2) is 9.08. The Labute approximate surface area is 109 Å². The number of rotatable bonds is 10. The first-order valence-electron chi connectivity index (χ1n) is 6.63. The van der Waals surface area contributed by atoms with E-state index in [1.165, 1.54) is 0 Å². The molecule has 0 radical (unpaired) electrons. The van der Waals surface area contributed by atoms with Gasteiger partial charge < -0.3 is 15.2 Å². The molecule has 5 nitrogen and oxygen atoms in total. The first kappa shape index (κ1) is 15.1. The minimum absolute atomic E-state index is 0.00750. The molecule has 1 atom stereocenters.